The fraction of sp³-hybridized carbons (Fsp3) is 0.529. The van der Waals surface area contributed by atoms with E-state index in [0.29, 0.717) is 23.6 Å². The van der Waals surface area contributed by atoms with Crippen LogP contribution in [0.3, 0.4) is 0 Å². The molecule has 0 saturated heterocycles. The van der Waals surface area contributed by atoms with Crippen LogP contribution in [0.2, 0.25) is 0 Å². The lowest BCUT2D eigenvalue weighted by Gasteiger charge is -2.57. The fourth-order valence-corrected chi connectivity index (χ4v) is 4.11. The smallest absolute Gasteiger partial charge is 0.299 e. The molecule has 2 atom stereocenters. The zero-order chi connectivity index (χ0) is 17.6. The van der Waals surface area contributed by atoms with Gasteiger partial charge in [0.25, 0.3) is 11.4 Å². The summed E-state index contributed by atoms with van der Waals surface area (Å²) < 4.78 is 0. The van der Waals surface area contributed by atoms with E-state index in [-0.39, 0.29) is 11.4 Å². The number of non-ortho nitro benzene ring substituents is 1. The Hall–Kier alpha value is -2.44. The van der Waals surface area contributed by atoms with E-state index >= 15 is 0 Å². The highest BCUT2D eigenvalue weighted by atomic mass is 16.6. The zero-order valence-electron chi connectivity index (χ0n) is 14.1. The van der Waals surface area contributed by atoms with E-state index in [9.17, 15) is 20.2 Å². The summed E-state index contributed by atoms with van der Waals surface area (Å²) in [4.78, 5) is 22.8. The molecule has 3 aliphatic carbocycles. The van der Waals surface area contributed by atoms with Crippen molar-refractivity contribution in [3.8, 4) is 0 Å². The summed E-state index contributed by atoms with van der Waals surface area (Å²) in [6.07, 6.45) is 4.52. The highest BCUT2D eigenvalue weighted by molar-refractivity contribution is 5.67. The van der Waals surface area contributed by atoms with Crippen molar-refractivity contribution >= 4 is 17.1 Å². The Labute approximate surface area is 140 Å². The molecule has 2 bridgehead atoms. The first-order valence-corrected chi connectivity index (χ1v) is 8.04. The molecule has 128 valence electrons. The highest BCUT2D eigenvalue weighted by Gasteiger charge is 2.51. The summed E-state index contributed by atoms with van der Waals surface area (Å²) >= 11 is 0. The number of likely N-dealkylation sites (N-methyl/N-ethyl adjacent to an activating group) is 1. The van der Waals surface area contributed by atoms with Gasteiger partial charge in [0.05, 0.1) is 15.9 Å². The lowest BCUT2D eigenvalue weighted by atomic mass is 9.49. The van der Waals surface area contributed by atoms with Gasteiger partial charge in [0.1, 0.15) is 5.69 Å². The van der Waals surface area contributed by atoms with Gasteiger partial charge in [-0.2, -0.15) is 0 Å². The minimum absolute atomic E-state index is 0.228. The van der Waals surface area contributed by atoms with Gasteiger partial charge >= 0.3 is 0 Å². The SMILES string of the molecule is CN(CC1=CC[C@@H]2C[C@H]1C2(C)C)c1ccc([N+](=O)[O-])cc1[N+](=O)[O-]. The van der Waals surface area contributed by atoms with Crippen LogP contribution in [0.4, 0.5) is 17.1 Å². The maximum absolute atomic E-state index is 11.3. The number of fused-ring (bicyclic) bond motifs is 1. The molecule has 0 radical (unpaired) electrons. The Bertz CT molecular complexity index is 741. The van der Waals surface area contributed by atoms with Gasteiger partial charge in [-0.05, 0) is 36.2 Å². The number of hydrogen-bond donors (Lipinski definition) is 0. The van der Waals surface area contributed by atoms with Gasteiger partial charge in [-0.3, -0.25) is 20.2 Å². The third-order valence-electron chi connectivity index (χ3n) is 5.78. The standard InChI is InChI=1S/C17H21N3O4/c1-17(2)12-5-4-11(14(17)8-12)10-18(3)15-7-6-13(19(21)22)9-16(15)20(23)24/h4,6-7,9,12,14H,5,8,10H2,1-3H3/t12-,14-/m1/s1. The van der Waals surface area contributed by atoms with E-state index in [0.717, 1.165) is 18.4 Å². The average molecular weight is 331 g/mol. The molecule has 0 amide bonds. The molecule has 24 heavy (non-hydrogen) atoms. The second-order valence-corrected chi connectivity index (χ2v) is 7.36. The Morgan fingerprint density at radius 2 is 1.96 bits per heavy atom. The number of nitrogens with zero attached hydrogens (tertiary/aromatic N) is 3. The predicted octanol–water partition coefficient (Wildman–Crippen LogP) is 3.93. The van der Waals surface area contributed by atoms with E-state index in [2.05, 4.69) is 19.9 Å². The summed E-state index contributed by atoms with van der Waals surface area (Å²) in [5, 5.41) is 22.2. The van der Waals surface area contributed by atoms with Crippen molar-refractivity contribution in [2.24, 2.45) is 17.3 Å². The maximum Gasteiger partial charge on any atom is 0.299 e. The van der Waals surface area contributed by atoms with Gasteiger partial charge in [0.2, 0.25) is 0 Å². The van der Waals surface area contributed by atoms with Crippen LogP contribution in [-0.4, -0.2) is 23.4 Å². The first kappa shape index (κ1) is 16.4. The van der Waals surface area contributed by atoms with E-state index < -0.39 is 9.85 Å². The second kappa shape index (κ2) is 5.58. The van der Waals surface area contributed by atoms with Crippen molar-refractivity contribution < 1.29 is 9.85 Å². The molecule has 0 N–H and O–H groups in total. The van der Waals surface area contributed by atoms with Crippen LogP contribution in [-0.2, 0) is 0 Å². The van der Waals surface area contributed by atoms with Gasteiger partial charge in [-0.1, -0.05) is 25.5 Å². The number of allylic oxidation sites excluding steroid dienone is 1. The lowest BCUT2D eigenvalue weighted by Crippen LogP contribution is -2.49. The summed E-state index contributed by atoms with van der Waals surface area (Å²) in [5.74, 6) is 1.26. The minimum Gasteiger partial charge on any atom is -0.365 e. The first-order chi connectivity index (χ1) is 11.2. The molecular formula is C17H21N3O4. The van der Waals surface area contributed by atoms with Crippen molar-refractivity contribution in [2.45, 2.75) is 26.7 Å². The molecule has 7 nitrogen and oxygen atoms in total. The molecule has 0 aliphatic heterocycles. The molecule has 1 saturated carbocycles. The largest absolute Gasteiger partial charge is 0.365 e. The maximum atomic E-state index is 11.3. The second-order valence-electron chi connectivity index (χ2n) is 7.36. The van der Waals surface area contributed by atoms with Crippen LogP contribution in [0, 0.1) is 37.5 Å². The lowest BCUT2D eigenvalue weighted by molar-refractivity contribution is -0.393. The van der Waals surface area contributed by atoms with Gasteiger partial charge in [-0.15, -0.1) is 0 Å². The third kappa shape index (κ3) is 2.53. The monoisotopic (exact) mass is 331 g/mol. The van der Waals surface area contributed by atoms with Crippen molar-refractivity contribution in [3.63, 3.8) is 0 Å². The highest BCUT2D eigenvalue weighted by Crippen LogP contribution is 2.59. The van der Waals surface area contributed by atoms with E-state index in [1.54, 1.807) is 7.05 Å². The molecule has 3 aliphatic rings. The van der Waals surface area contributed by atoms with Gasteiger partial charge in [0, 0.05) is 19.7 Å². The number of anilines is 1. The summed E-state index contributed by atoms with van der Waals surface area (Å²) in [6.45, 7) is 5.18. The quantitative estimate of drug-likeness (QED) is 0.463. The third-order valence-corrected chi connectivity index (χ3v) is 5.78. The normalized spacial score (nSPS) is 23.9. The summed E-state index contributed by atoms with van der Waals surface area (Å²) in [5.41, 5.74) is 1.53. The van der Waals surface area contributed by atoms with Crippen molar-refractivity contribution in [1.82, 2.24) is 0 Å². The molecule has 0 aromatic heterocycles. The molecule has 4 rings (SSSR count). The Morgan fingerprint density at radius 3 is 2.50 bits per heavy atom. The minimum atomic E-state index is -0.614. The van der Waals surface area contributed by atoms with E-state index in [1.807, 2.05) is 4.90 Å². The number of hydrogen-bond acceptors (Lipinski definition) is 5. The number of nitro groups is 2. The van der Waals surface area contributed by atoms with E-state index in [1.165, 1.54) is 24.1 Å². The van der Waals surface area contributed by atoms with Crippen LogP contribution in [0.15, 0.2) is 29.8 Å². The molecule has 1 fully saturated rings. The molecule has 7 heteroatoms. The molecule has 1 aromatic carbocycles. The van der Waals surface area contributed by atoms with Crippen LogP contribution < -0.4 is 4.90 Å². The van der Waals surface area contributed by atoms with Gasteiger partial charge in [0.15, 0.2) is 0 Å². The predicted molar refractivity (Wildman–Crippen MR) is 91.1 cm³/mol. The summed E-state index contributed by atoms with van der Waals surface area (Å²) in [7, 11) is 1.80. The fourth-order valence-electron chi connectivity index (χ4n) is 4.11. The van der Waals surface area contributed by atoms with Crippen molar-refractivity contribution in [3.05, 3.63) is 50.1 Å². The van der Waals surface area contributed by atoms with Crippen LogP contribution in [0.1, 0.15) is 26.7 Å². The molecular weight excluding hydrogens is 310 g/mol. The molecule has 0 spiro atoms. The van der Waals surface area contributed by atoms with Gasteiger partial charge in [-0.25, -0.2) is 0 Å². The Kier molecular flexibility index (Phi) is 3.81. The number of benzene rings is 1. The summed E-state index contributed by atoms with van der Waals surface area (Å²) in [6, 6.07) is 3.82. The van der Waals surface area contributed by atoms with Crippen molar-refractivity contribution in [2.75, 3.05) is 18.5 Å². The number of rotatable bonds is 5. The van der Waals surface area contributed by atoms with Gasteiger partial charge < -0.3 is 4.90 Å². The van der Waals surface area contributed by atoms with Crippen LogP contribution >= 0.6 is 0 Å². The Morgan fingerprint density at radius 1 is 1.25 bits per heavy atom. The number of nitro benzene ring substituents is 2. The molecule has 1 aromatic rings. The van der Waals surface area contributed by atoms with Crippen molar-refractivity contribution in [1.29, 1.82) is 0 Å². The molecule has 0 unspecified atom stereocenters. The Balaban J connectivity index is 1.85. The topological polar surface area (TPSA) is 89.5 Å². The molecule has 0 heterocycles. The van der Waals surface area contributed by atoms with E-state index in [4.69, 9.17) is 0 Å². The average Bonchev–Trinajstić information content (AvgIpc) is 2.53. The zero-order valence-corrected chi connectivity index (χ0v) is 14.1. The van der Waals surface area contributed by atoms with Crippen LogP contribution in [0.5, 0.6) is 0 Å². The first-order valence-electron chi connectivity index (χ1n) is 8.04. The van der Waals surface area contributed by atoms with Crippen LogP contribution in [0.25, 0.3) is 0 Å².